The fourth-order valence-electron chi connectivity index (χ4n) is 4.74. The van der Waals surface area contributed by atoms with Crippen LogP contribution < -0.4 is 124 Å². The number of hydrogen-bond acceptors (Lipinski definition) is 24. The number of β-amino-alcohol motifs (C(OH)–C–C–N with tert-alkyl or cyclic N) is 1. The molecule has 0 radical (unpaired) electrons. The Morgan fingerprint density at radius 2 is 0.901 bits per heavy atom. The van der Waals surface area contributed by atoms with E-state index in [0.717, 1.165) is 11.5 Å². The maximum Gasteiger partial charge on any atom is 1.00 e. The minimum atomic E-state index is -1.08. The number of carbonyl (C=O) groups excluding carboxylic acids is 8. The van der Waals surface area contributed by atoms with Crippen LogP contribution in [0.4, 0.5) is 0 Å². The van der Waals surface area contributed by atoms with E-state index in [9.17, 15) is 33.9 Å². The first-order valence-corrected chi connectivity index (χ1v) is 32.1. The number of esters is 1. The number of halogens is 4. The van der Waals surface area contributed by atoms with Crippen molar-refractivity contribution in [3.8, 4) is 0 Å². The van der Waals surface area contributed by atoms with Gasteiger partial charge in [-0.3, -0.25) is 48.2 Å². The average Bonchev–Trinajstić information content (AvgIpc) is 1.64. The molecule has 3 aliphatic rings. The predicted octanol–water partition coefficient (Wildman–Crippen LogP) is 1.91. The number of nitrogens with zero attached hydrogens (tertiary/aromatic N) is 3. The third-order valence-electron chi connectivity index (χ3n) is 12.1. The van der Waals surface area contributed by atoms with Crippen LogP contribution in [0, 0.1) is 6.57 Å². The van der Waals surface area contributed by atoms with E-state index in [2.05, 4.69) is 43.2 Å². The van der Waals surface area contributed by atoms with E-state index < -0.39 is 16.8 Å². The van der Waals surface area contributed by atoms with Crippen LogP contribution in [0.25, 0.3) is 4.85 Å². The third kappa shape index (κ3) is 73.3. The van der Waals surface area contributed by atoms with E-state index in [1.165, 1.54) is 26.0 Å². The number of fused-ring (bicyclic) bond motifs is 2. The SMILES string of the molecule is CC(C)(O)CCl.CC(C)(O)CN1C(=O)c2ccccc2C1=O.CC1(C)CO1.COC(C)(C)CN.COC(C)(C)CN1C(=O)c2ccccc2C1=O.COC(C)(C)CNC=O.COC(C)(C)CNCl.COC(C)(C)CO.COC(C)=O.COC=O.ClCCl.O=CO[O-].[C-]#[N+]CC(C)(C)OC.[H-].[K+].[K+]. The number of ether oxygens (including phenoxy) is 9. The Bertz CT molecular complexity index is 2450. The molecule has 2 aromatic rings. The number of nitrogens with two attached hydrogens (primary N) is 1. The van der Waals surface area contributed by atoms with Gasteiger partial charge in [-0.2, -0.15) is 0 Å². The summed E-state index contributed by atoms with van der Waals surface area (Å²) in [5.74, 6) is -1.09. The number of nitrogens with one attached hydrogen (secondary N) is 2. The summed E-state index contributed by atoms with van der Waals surface area (Å²) in [6.07, 6.45) is 0.667. The summed E-state index contributed by atoms with van der Waals surface area (Å²) >= 11 is 20.0. The van der Waals surface area contributed by atoms with Gasteiger partial charge in [0.1, 0.15) is 5.60 Å². The monoisotopic (exact) mass is 1580 g/mol. The number of alkyl halides is 3. The maximum atomic E-state index is 12.1. The molecule has 0 atom stereocenters. The number of epoxide rings is 1. The van der Waals surface area contributed by atoms with Gasteiger partial charge in [0.15, 0.2) is 0 Å². The van der Waals surface area contributed by atoms with Gasteiger partial charge in [-0.15, -0.1) is 34.8 Å². The summed E-state index contributed by atoms with van der Waals surface area (Å²) in [5, 5.41) is 38.0. The van der Waals surface area contributed by atoms with E-state index in [1.54, 1.807) is 119 Å². The molecular formula is C67H120Cl4K2N6O22. The number of methoxy groups -OCH3 is 8. The molecule has 0 aliphatic carbocycles. The first-order chi connectivity index (χ1) is 45.2. The summed E-state index contributed by atoms with van der Waals surface area (Å²) in [4.78, 5) is 95.5. The molecule has 1 fully saturated rings. The van der Waals surface area contributed by atoms with Crippen molar-refractivity contribution in [2.45, 2.75) is 182 Å². The van der Waals surface area contributed by atoms with Gasteiger partial charge in [0.05, 0.1) is 119 Å². The van der Waals surface area contributed by atoms with E-state index >= 15 is 0 Å². The average molecular weight is 1580 g/mol. The number of amides is 5. The molecule has 0 saturated carbocycles. The van der Waals surface area contributed by atoms with Crippen LogP contribution in [-0.4, -0.2) is 245 Å². The second kappa shape index (κ2) is 65.1. The quantitative estimate of drug-likeness (QED) is 0.00993. The van der Waals surface area contributed by atoms with Gasteiger partial charge >= 0.3 is 109 Å². The van der Waals surface area contributed by atoms with E-state index in [4.69, 9.17) is 117 Å². The Morgan fingerprint density at radius 1 is 0.624 bits per heavy atom. The van der Waals surface area contributed by atoms with Crippen molar-refractivity contribution >= 4 is 95.5 Å². The molecule has 2 aromatic carbocycles. The molecule has 0 aromatic heterocycles. The zero-order valence-electron chi connectivity index (χ0n) is 66.5. The third-order valence-corrected chi connectivity index (χ3v) is 12.9. The molecule has 34 heteroatoms. The Kier molecular flexibility index (Phi) is 77.4. The first-order valence-electron chi connectivity index (χ1n) is 30.1. The van der Waals surface area contributed by atoms with Crippen molar-refractivity contribution in [1.29, 1.82) is 0 Å². The summed E-state index contributed by atoms with van der Waals surface area (Å²) in [7, 11) is 12.4. The second-order valence-corrected chi connectivity index (χ2v) is 27.2. The molecule has 3 heterocycles. The van der Waals surface area contributed by atoms with Gasteiger partial charge in [-0.25, -0.2) is 11.4 Å². The summed E-state index contributed by atoms with van der Waals surface area (Å²) < 4.78 is 42.9. The van der Waals surface area contributed by atoms with E-state index in [0.29, 0.717) is 67.2 Å². The smallest absolute Gasteiger partial charge is 1.00 e. The van der Waals surface area contributed by atoms with Crippen molar-refractivity contribution in [2.24, 2.45) is 5.73 Å². The molecule has 7 N–H and O–H groups in total. The van der Waals surface area contributed by atoms with Crippen LogP contribution in [0.1, 0.15) is 174 Å². The van der Waals surface area contributed by atoms with Crippen LogP contribution in [0.3, 0.4) is 0 Å². The van der Waals surface area contributed by atoms with Crippen LogP contribution in [0.2, 0.25) is 0 Å². The molecule has 0 bridgehead atoms. The molecule has 28 nitrogen and oxygen atoms in total. The molecule has 0 unspecified atom stereocenters. The van der Waals surface area contributed by atoms with E-state index in [-0.39, 0.29) is 199 Å². The number of imide groups is 2. The normalized spacial score (nSPS) is 12.6. The number of hydrogen-bond donors (Lipinski definition) is 6. The number of aliphatic hydroxyl groups is 3. The molecule has 580 valence electrons. The van der Waals surface area contributed by atoms with Gasteiger partial charge in [0.2, 0.25) is 13.0 Å². The van der Waals surface area contributed by atoms with Crippen LogP contribution >= 0.6 is 46.6 Å². The second-order valence-electron chi connectivity index (χ2n) is 25.9. The Balaban J connectivity index is -0.000000101. The van der Waals surface area contributed by atoms with Crippen molar-refractivity contribution in [3.05, 3.63) is 82.2 Å². The molecule has 101 heavy (non-hydrogen) atoms. The molecular weight excluding hydrogens is 1460 g/mol. The summed E-state index contributed by atoms with van der Waals surface area (Å²) in [6, 6.07) is 13.6. The van der Waals surface area contributed by atoms with Crippen molar-refractivity contribution in [3.63, 3.8) is 0 Å². The Labute approximate surface area is 708 Å². The maximum absolute atomic E-state index is 12.1. The molecule has 3 aliphatic heterocycles. The van der Waals surface area contributed by atoms with Crippen LogP contribution in [-0.2, 0) is 66.7 Å². The first kappa shape index (κ1) is 120. The fraction of sp³-hybridized carbons (Fsp3) is 0.687. The molecule has 0 spiro atoms. The number of rotatable bonds is 21. The number of carbonyl (C=O) groups is 8. The van der Waals surface area contributed by atoms with Crippen molar-refractivity contribution in [1.82, 2.24) is 20.0 Å². The largest absolute Gasteiger partial charge is 1.00 e. The minimum Gasteiger partial charge on any atom is -1.00 e. The zero-order valence-corrected chi connectivity index (χ0v) is 74.7. The molecule has 5 rings (SSSR count). The van der Waals surface area contributed by atoms with Crippen LogP contribution in [0.5, 0.6) is 0 Å². The van der Waals surface area contributed by atoms with Gasteiger partial charge in [0, 0.05) is 69.2 Å². The fourth-order valence-corrected chi connectivity index (χ4v) is 5.06. The topological polar surface area (TPSA) is 377 Å². The molecule has 5 amide bonds. The predicted molar refractivity (Wildman–Crippen MR) is 385 cm³/mol. The minimum absolute atomic E-state index is 0. The van der Waals surface area contributed by atoms with Gasteiger partial charge in [-0.1, -0.05) is 24.3 Å². The standard InChI is InChI=1S/C13H15NO3.C12H13NO3.C6H13NO2.C6H11NO.C5H12ClNO.C5H13NO.C5H12O2.C4H9ClO.C4H8O.C3H6O2.C2H4O2.CH2Cl2.CH2O3.2K.H/c1-13(2,17-3)8-14-11(15)9-6-4-5-7-10(9)12(14)16;1-12(2,16)7-13-10(14)8-5-3-4-6-9(8)11(13)15;1-6(2,9-3)4-7-5-8;1-6(2,8-4)5-7-3;1-5(2,8-3)4-7-6;2*1-5(2,4-6)7-3;1-4(2,6)3-5;1-4(2)3-5-4;1-3(4)5-2;1-4-2-3;2-1-3;2-1-4-3;;;/h4-7H,8H2,1-3H3;3-6,16H,7H2,1-2H3;5H,4H2,1-3H3,(H,7,8);5H2,1-2,4H3;7H,4H2,1-3H3;4,6H2,1-3H3;6H,4H2,1-3H3;6H,3H2,1-2H3;3H2,1-2H3;1-2H3;2H,1H3;1H2;1,3H;;;/q;;;;;;;;;;;;;2*+1;-1/p-1. The molecule has 1 saturated heterocycles. The van der Waals surface area contributed by atoms with Gasteiger partial charge in [-0.05, 0) is 161 Å². The van der Waals surface area contributed by atoms with E-state index in [1.807, 2.05) is 83.1 Å². The number of benzene rings is 2. The summed E-state index contributed by atoms with van der Waals surface area (Å²) in [5.41, 5.74) is 3.86. The number of aliphatic hydroxyl groups excluding tert-OH is 1. The van der Waals surface area contributed by atoms with Gasteiger partial charge < -0.3 is 85.4 Å². The van der Waals surface area contributed by atoms with Gasteiger partial charge in [0.25, 0.3) is 36.6 Å². The van der Waals surface area contributed by atoms with Crippen molar-refractivity contribution in [2.75, 3.05) is 121 Å². The van der Waals surface area contributed by atoms with Crippen molar-refractivity contribution < 1.29 is 211 Å². The Hall–Kier alpha value is -2.00. The zero-order chi connectivity index (χ0) is 79.9. The Morgan fingerprint density at radius 3 is 1.04 bits per heavy atom. The summed E-state index contributed by atoms with van der Waals surface area (Å²) in [6.45, 7) is 45.0. The van der Waals surface area contributed by atoms with Crippen LogP contribution in [0.15, 0.2) is 48.5 Å².